The average Bonchev–Trinajstić information content (AvgIpc) is 3.57. The molecule has 1 fully saturated rings. The highest BCUT2D eigenvalue weighted by molar-refractivity contribution is 7.10. The number of nitrogens with zero attached hydrogens (tertiary/aromatic N) is 1. The van der Waals surface area contributed by atoms with Gasteiger partial charge in [-0.3, -0.25) is 14.5 Å². The maximum atomic E-state index is 13.6. The van der Waals surface area contributed by atoms with Gasteiger partial charge in [0, 0.05) is 16.6 Å². The Bertz CT molecular complexity index is 1050. The quantitative estimate of drug-likeness (QED) is 0.574. The molecular formula is C25H26N2O3S. The van der Waals surface area contributed by atoms with Crippen molar-refractivity contribution >= 4 is 28.8 Å². The zero-order valence-corrected chi connectivity index (χ0v) is 18.2. The summed E-state index contributed by atoms with van der Waals surface area (Å²) in [5.41, 5.74) is 3.33. The van der Waals surface area contributed by atoms with Crippen LogP contribution in [0.5, 0.6) is 0 Å². The molecule has 2 amide bonds. The summed E-state index contributed by atoms with van der Waals surface area (Å²) in [6.45, 7) is 0. The molecule has 1 saturated carbocycles. The van der Waals surface area contributed by atoms with Gasteiger partial charge in [0.15, 0.2) is 11.8 Å². The molecule has 1 N–H and O–H groups in total. The van der Waals surface area contributed by atoms with Crippen molar-refractivity contribution in [3.63, 3.8) is 0 Å². The van der Waals surface area contributed by atoms with E-state index in [2.05, 4.69) is 17.4 Å². The molecule has 1 atom stereocenters. The number of carbonyl (C=O) groups excluding carboxylic acids is 2. The van der Waals surface area contributed by atoms with Crippen LogP contribution in [0.15, 0.2) is 58.5 Å². The van der Waals surface area contributed by atoms with Gasteiger partial charge in [0.25, 0.3) is 5.91 Å². The lowest BCUT2D eigenvalue weighted by atomic mass is 10.1. The molecule has 160 valence electrons. The molecule has 2 heterocycles. The van der Waals surface area contributed by atoms with Crippen molar-refractivity contribution in [2.45, 2.75) is 57.0 Å². The molecule has 2 aromatic heterocycles. The Kier molecular flexibility index (Phi) is 5.64. The lowest BCUT2D eigenvalue weighted by molar-refractivity contribution is -0.123. The number of aryl methyl sites for hydroxylation is 2. The third-order valence-electron chi connectivity index (χ3n) is 6.33. The minimum Gasteiger partial charge on any atom is -0.459 e. The first kappa shape index (κ1) is 20.1. The minimum atomic E-state index is -0.738. The molecule has 5 rings (SSSR count). The van der Waals surface area contributed by atoms with Crippen LogP contribution in [0.4, 0.5) is 5.69 Å². The van der Waals surface area contributed by atoms with Gasteiger partial charge in [-0.1, -0.05) is 25.0 Å². The number of carbonyl (C=O) groups is 2. The largest absolute Gasteiger partial charge is 0.459 e. The van der Waals surface area contributed by atoms with E-state index in [9.17, 15) is 9.59 Å². The number of hydrogen-bond acceptors (Lipinski definition) is 4. The van der Waals surface area contributed by atoms with Crippen molar-refractivity contribution in [3.05, 3.63) is 75.9 Å². The number of nitrogens with one attached hydrogen (secondary N) is 1. The molecular weight excluding hydrogens is 408 g/mol. The number of anilines is 1. The molecule has 5 nitrogen and oxygen atoms in total. The second-order valence-electron chi connectivity index (χ2n) is 8.37. The SMILES string of the molecule is O=C(NC1CCCC1)[C@H](c1cccs1)N(C(=O)c1ccco1)c1ccc2c(c1)CCC2. The van der Waals surface area contributed by atoms with Crippen LogP contribution in [-0.4, -0.2) is 17.9 Å². The van der Waals surface area contributed by atoms with Gasteiger partial charge in [-0.15, -0.1) is 11.3 Å². The Balaban J connectivity index is 1.57. The number of thiophene rings is 1. The highest BCUT2D eigenvalue weighted by atomic mass is 32.1. The van der Waals surface area contributed by atoms with Crippen molar-refractivity contribution in [1.82, 2.24) is 5.32 Å². The molecule has 1 aromatic carbocycles. The number of benzene rings is 1. The first-order valence-corrected chi connectivity index (χ1v) is 11.9. The highest BCUT2D eigenvalue weighted by Gasteiger charge is 2.36. The van der Waals surface area contributed by atoms with Crippen LogP contribution >= 0.6 is 11.3 Å². The molecule has 0 unspecified atom stereocenters. The van der Waals surface area contributed by atoms with E-state index in [-0.39, 0.29) is 23.6 Å². The number of rotatable bonds is 6. The van der Waals surface area contributed by atoms with Crippen molar-refractivity contribution in [2.24, 2.45) is 0 Å². The van der Waals surface area contributed by atoms with Gasteiger partial charge >= 0.3 is 0 Å². The summed E-state index contributed by atoms with van der Waals surface area (Å²) in [5, 5.41) is 5.16. The van der Waals surface area contributed by atoms with Gasteiger partial charge in [-0.05, 0) is 78.9 Å². The molecule has 0 radical (unpaired) electrons. The molecule has 0 aliphatic heterocycles. The zero-order chi connectivity index (χ0) is 21.2. The fraction of sp³-hybridized carbons (Fsp3) is 0.360. The monoisotopic (exact) mass is 434 g/mol. The van der Waals surface area contributed by atoms with E-state index in [0.29, 0.717) is 0 Å². The van der Waals surface area contributed by atoms with Crippen molar-refractivity contribution < 1.29 is 14.0 Å². The molecule has 31 heavy (non-hydrogen) atoms. The lowest BCUT2D eigenvalue weighted by Gasteiger charge is -2.31. The van der Waals surface area contributed by atoms with Gasteiger partial charge in [0.2, 0.25) is 5.91 Å². The van der Waals surface area contributed by atoms with E-state index in [0.717, 1.165) is 55.5 Å². The van der Waals surface area contributed by atoms with Crippen LogP contribution in [-0.2, 0) is 17.6 Å². The number of furan rings is 1. The Morgan fingerprint density at radius 1 is 1.03 bits per heavy atom. The van der Waals surface area contributed by atoms with Crippen LogP contribution in [0.25, 0.3) is 0 Å². The second kappa shape index (κ2) is 8.71. The summed E-state index contributed by atoms with van der Waals surface area (Å²) in [6, 6.07) is 12.8. The Morgan fingerprint density at radius 3 is 2.61 bits per heavy atom. The zero-order valence-electron chi connectivity index (χ0n) is 17.4. The van der Waals surface area contributed by atoms with Gasteiger partial charge in [0.05, 0.1) is 6.26 Å². The minimum absolute atomic E-state index is 0.130. The van der Waals surface area contributed by atoms with Crippen molar-refractivity contribution in [1.29, 1.82) is 0 Å². The third kappa shape index (κ3) is 4.04. The molecule has 0 saturated heterocycles. The predicted molar refractivity (Wildman–Crippen MR) is 121 cm³/mol. The summed E-state index contributed by atoms with van der Waals surface area (Å²) in [6.07, 6.45) is 8.95. The van der Waals surface area contributed by atoms with Gasteiger partial charge in [-0.25, -0.2) is 0 Å². The summed E-state index contributed by atoms with van der Waals surface area (Å²) < 4.78 is 5.45. The standard InChI is InChI=1S/C25H26N2O3S/c28-24(26-19-8-1-2-9-19)23(22-11-5-15-31-22)27(25(29)21-10-4-14-30-21)20-13-12-17-6-3-7-18(17)16-20/h4-5,10-16,19,23H,1-3,6-9H2,(H,26,28)/t23-/m0/s1. The smallest absolute Gasteiger partial charge is 0.295 e. The van der Waals surface area contributed by atoms with Crippen molar-refractivity contribution in [3.8, 4) is 0 Å². The van der Waals surface area contributed by atoms with E-state index in [1.807, 2.05) is 23.6 Å². The van der Waals surface area contributed by atoms with E-state index in [1.165, 1.54) is 28.7 Å². The maximum Gasteiger partial charge on any atom is 0.295 e. The Morgan fingerprint density at radius 2 is 1.87 bits per heavy atom. The first-order valence-electron chi connectivity index (χ1n) is 11.0. The van der Waals surface area contributed by atoms with E-state index in [4.69, 9.17) is 4.42 Å². The highest BCUT2D eigenvalue weighted by Crippen LogP contribution is 2.35. The fourth-order valence-corrected chi connectivity index (χ4v) is 5.59. The van der Waals surface area contributed by atoms with Crippen LogP contribution in [0.2, 0.25) is 0 Å². The lowest BCUT2D eigenvalue weighted by Crippen LogP contribution is -2.46. The van der Waals surface area contributed by atoms with E-state index in [1.54, 1.807) is 17.0 Å². The third-order valence-corrected chi connectivity index (χ3v) is 7.26. The summed E-state index contributed by atoms with van der Waals surface area (Å²) in [7, 11) is 0. The molecule has 0 bridgehead atoms. The second-order valence-corrected chi connectivity index (χ2v) is 9.35. The number of fused-ring (bicyclic) bond motifs is 1. The summed E-state index contributed by atoms with van der Waals surface area (Å²) in [4.78, 5) is 29.7. The normalized spacial score (nSPS) is 16.8. The van der Waals surface area contributed by atoms with Gasteiger partial charge in [-0.2, -0.15) is 0 Å². The van der Waals surface area contributed by atoms with E-state index < -0.39 is 6.04 Å². The van der Waals surface area contributed by atoms with Crippen LogP contribution in [0.3, 0.4) is 0 Å². The van der Waals surface area contributed by atoms with Crippen LogP contribution < -0.4 is 10.2 Å². The summed E-state index contributed by atoms with van der Waals surface area (Å²) in [5.74, 6) is -0.201. The van der Waals surface area contributed by atoms with E-state index >= 15 is 0 Å². The Hall–Kier alpha value is -2.86. The molecule has 2 aliphatic carbocycles. The molecule has 3 aromatic rings. The first-order chi connectivity index (χ1) is 15.2. The van der Waals surface area contributed by atoms with Crippen molar-refractivity contribution in [2.75, 3.05) is 4.90 Å². The van der Waals surface area contributed by atoms with Gasteiger partial charge < -0.3 is 9.73 Å². The summed E-state index contributed by atoms with van der Waals surface area (Å²) >= 11 is 1.50. The van der Waals surface area contributed by atoms with Crippen LogP contribution in [0.1, 0.15) is 64.7 Å². The topological polar surface area (TPSA) is 62.6 Å². The maximum absolute atomic E-state index is 13.6. The van der Waals surface area contributed by atoms with Crippen LogP contribution in [0, 0.1) is 0 Å². The number of amides is 2. The van der Waals surface area contributed by atoms with Gasteiger partial charge in [0.1, 0.15) is 0 Å². The number of hydrogen-bond donors (Lipinski definition) is 1. The molecule has 0 spiro atoms. The molecule has 2 aliphatic rings. The molecule has 6 heteroatoms. The fourth-order valence-electron chi connectivity index (χ4n) is 4.78. The predicted octanol–water partition coefficient (Wildman–Crippen LogP) is 5.28. The average molecular weight is 435 g/mol. The Labute approximate surface area is 186 Å².